The van der Waals surface area contributed by atoms with Crippen LogP contribution in [-0.4, -0.2) is 28.5 Å². The van der Waals surface area contributed by atoms with Gasteiger partial charge in [0.25, 0.3) is 0 Å². The lowest BCUT2D eigenvalue weighted by Crippen LogP contribution is -2.21. The van der Waals surface area contributed by atoms with Gasteiger partial charge in [-0.15, -0.1) is 11.3 Å². The molecule has 0 aliphatic carbocycles. The average molecular weight is 258 g/mol. The molecule has 0 unspecified atom stereocenters. The van der Waals surface area contributed by atoms with E-state index in [2.05, 4.69) is 19.9 Å². The minimum atomic E-state index is 0.910. The van der Waals surface area contributed by atoms with Crippen LogP contribution < -0.4 is 4.90 Å². The zero-order valence-corrected chi connectivity index (χ0v) is 10.9. The molecule has 3 rings (SSSR count). The number of nitrogens with one attached hydrogen (secondary N) is 1. The second-order valence-corrected chi connectivity index (χ2v) is 5.15. The van der Waals surface area contributed by atoms with Crippen molar-refractivity contribution in [2.24, 2.45) is 0 Å². The average Bonchev–Trinajstić information content (AvgIpc) is 3.04. The van der Waals surface area contributed by atoms with E-state index in [1.807, 2.05) is 42.9 Å². The lowest BCUT2D eigenvalue weighted by Gasteiger charge is -2.14. The first kappa shape index (κ1) is 11.2. The Morgan fingerprint density at radius 3 is 3.00 bits per heavy atom. The van der Waals surface area contributed by atoms with Crippen LogP contribution in [0.1, 0.15) is 5.01 Å². The van der Waals surface area contributed by atoms with Crippen LogP contribution in [0.5, 0.6) is 0 Å². The summed E-state index contributed by atoms with van der Waals surface area (Å²) >= 11 is 1.70. The summed E-state index contributed by atoms with van der Waals surface area (Å²) in [4.78, 5) is 14.3. The van der Waals surface area contributed by atoms with Gasteiger partial charge in [0, 0.05) is 31.6 Å². The van der Waals surface area contributed by atoms with E-state index in [4.69, 9.17) is 0 Å². The number of thiazole rings is 1. The van der Waals surface area contributed by atoms with E-state index < -0.39 is 0 Å². The summed E-state index contributed by atoms with van der Waals surface area (Å²) in [6, 6.07) is 8.08. The van der Waals surface area contributed by atoms with Crippen molar-refractivity contribution in [3.8, 4) is 0 Å². The molecule has 0 aliphatic heterocycles. The molecule has 0 saturated carbocycles. The number of rotatable bonds is 4. The molecular weight excluding hydrogens is 244 g/mol. The highest BCUT2D eigenvalue weighted by atomic mass is 32.1. The third-order valence-electron chi connectivity index (χ3n) is 2.88. The molecule has 0 atom stereocenters. The summed E-state index contributed by atoms with van der Waals surface area (Å²) < 4.78 is 0. The van der Waals surface area contributed by atoms with Crippen LogP contribution in [0.4, 0.5) is 5.95 Å². The van der Waals surface area contributed by atoms with Gasteiger partial charge in [0.15, 0.2) is 0 Å². The van der Waals surface area contributed by atoms with E-state index in [1.165, 1.54) is 0 Å². The van der Waals surface area contributed by atoms with E-state index >= 15 is 0 Å². The molecule has 18 heavy (non-hydrogen) atoms. The highest BCUT2D eigenvalue weighted by molar-refractivity contribution is 7.09. The van der Waals surface area contributed by atoms with Gasteiger partial charge in [-0.05, 0) is 12.1 Å². The monoisotopic (exact) mass is 258 g/mol. The van der Waals surface area contributed by atoms with E-state index in [1.54, 1.807) is 11.3 Å². The maximum atomic E-state index is 4.57. The molecule has 0 aliphatic rings. The van der Waals surface area contributed by atoms with Crippen LogP contribution in [-0.2, 0) is 6.42 Å². The maximum Gasteiger partial charge on any atom is 0.203 e. The zero-order chi connectivity index (χ0) is 12.4. The highest BCUT2D eigenvalue weighted by Crippen LogP contribution is 2.16. The fraction of sp³-hybridized carbons (Fsp3) is 0.231. The molecule has 1 N–H and O–H groups in total. The quantitative estimate of drug-likeness (QED) is 0.782. The fourth-order valence-corrected chi connectivity index (χ4v) is 2.48. The number of hydrogen-bond donors (Lipinski definition) is 1. The predicted octanol–water partition coefficient (Wildman–Crippen LogP) is 2.70. The number of likely N-dealkylation sites (N-methyl/N-ethyl adjacent to an activating group) is 1. The molecule has 4 nitrogen and oxygen atoms in total. The van der Waals surface area contributed by atoms with Gasteiger partial charge in [-0.1, -0.05) is 12.1 Å². The summed E-state index contributed by atoms with van der Waals surface area (Å²) in [5, 5.41) is 3.18. The van der Waals surface area contributed by atoms with Crippen molar-refractivity contribution in [1.82, 2.24) is 15.0 Å². The topological polar surface area (TPSA) is 44.8 Å². The Hall–Kier alpha value is -1.88. The van der Waals surface area contributed by atoms with Crippen LogP contribution >= 0.6 is 11.3 Å². The van der Waals surface area contributed by atoms with Crippen molar-refractivity contribution >= 4 is 28.3 Å². The zero-order valence-electron chi connectivity index (χ0n) is 10.1. The van der Waals surface area contributed by atoms with Crippen molar-refractivity contribution in [2.75, 3.05) is 18.5 Å². The van der Waals surface area contributed by atoms with Crippen LogP contribution in [0, 0.1) is 0 Å². The third-order valence-corrected chi connectivity index (χ3v) is 3.72. The molecule has 2 heterocycles. The first-order valence-electron chi connectivity index (χ1n) is 5.87. The number of nitrogens with zero attached hydrogens (tertiary/aromatic N) is 3. The van der Waals surface area contributed by atoms with Gasteiger partial charge in [-0.2, -0.15) is 0 Å². The van der Waals surface area contributed by atoms with Gasteiger partial charge in [0.1, 0.15) is 0 Å². The van der Waals surface area contributed by atoms with E-state index in [0.717, 1.165) is 35.0 Å². The summed E-state index contributed by atoms with van der Waals surface area (Å²) in [5.41, 5.74) is 2.09. The number of hydrogen-bond acceptors (Lipinski definition) is 4. The van der Waals surface area contributed by atoms with Gasteiger partial charge in [0.05, 0.1) is 16.0 Å². The van der Waals surface area contributed by atoms with Gasteiger partial charge in [0.2, 0.25) is 5.95 Å². The van der Waals surface area contributed by atoms with Crippen molar-refractivity contribution < 1.29 is 0 Å². The Kier molecular flexibility index (Phi) is 2.98. The second-order valence-electron chi connectivity index (χ2n) is 4.17. The number of imidazole rings is 1. The minimum Gasteiger partial charge on any atom is -0.345 e. The number of benzene rings is 1. The van der Waals surface area contributed by atoms with E-state index in [-0.39, 0.29) is 0 Å². The normalized spacial score (nSPS) is 10.9. The van der Waals surface area contributed by atoms with Crippen LogP contribution in [0.3, 0.4) is 0 Å². The molecule has 0 bridgehead atoms. The molecule has 0 radical (unpaired) electrons. The van der Waals surface area contributed by atoms with Gasteiger partial charge in [-0.25, -0.2) is 9.97 Å². The molecule has 0 amide bonds. The third kappa shape index (κ3) is 2.22. The smallest absolute Gasteiger partial charge is 0.203 e. The van der Waals surface area contributed by atoms with E-state index in [9.17, 15) is 0 Å². The first-order chi connectivity index (χ1) is 8.83. The number of anilines is 1. The fourth-order valence-electron chi connectivity index (χ4n) is 1.87. The second kappa shape index (κ2) is 4.78. The lowest BCUT2D eigenvalue weighted by molar-refractivity contribution is 0.844. The molecule has 1 aromatic carbocycles. The predicted molar refractivity (Wildman–Crippen MR) is 75.2 cm³/mol. The molecule has 0 saturated heterocycles. The summed E-state index contributed by atoms with van der Waals surface area (Å²) in [6.45, 7) is 0.910. The molecule has 92 valence electrons. The Balaban J connectivity index is 1.73. The van der Waals surface area contributed by atoms with E-state index in [0.29, 0.717) is 0 Å². The van der Waals surface area contributed by atoms with Crippen molar-refractivity contribution in [2.45, 2.75) is 6.42 Å². The number of aromatic nitrogens is 3. The number of aromatic amines is 1. The SMILES string of the molecule is CN(CCc1nccs1)c1nc2ccccc2[nH]1. The highest BCUT2D eigenvalue weighted by Gasteiger charge is 2.07. The number of para-hydroxylation sites is 2. The maximum absolute atomic E-state index is 4.57. The Bertz CT molecular complexity index is 596. The van der Waals surface area contributed by atoms with Gasteiger partial charge >= 0.3 is 0 Å². The largest absolute Gasteiger partial charge is 0.345 e. The van der Waals surface area contributed by atoms with Crippen LogP contribution in [0.2, 0.25) is 0 Å². The van der Waals surface area contributed by atoms with Crippen molar-refractivity contribution in [1.29, 1.82) is 0 Å². The van der Waals surface area contributed by atoms with Crippen molar-refractivity contribution in [3.63, 3.8) is 0 Å². The molecule has 5 heteroatoms. The molecular formula is C13H14N4S. The summed E-state index contributed by atoms with van der Waals surface area (Å²) in [7, 11) is 2.05. The number of fused-ring (bicyclic) bond motifs is 1. The Morgan fingerprint density at radius 2 is 2.22 bits per heavy atom. The molecule has 3 aromatic rings. The standard InChI is InChI=1S/C13H14N4S/c1-17(8-6-12-14-7-9-18-12)13-15-10-4-2-3-5-11(10)16-13/h2-5,7,9H,6,8H2,1H3,(H,15,16). The number of H-pyrrole nitrogens is 1. The van der Waals surface area contributed by atoms with Crippen molar-refractivity contribution in [3.05, 3.63) is 40.8 Å². The Labute approximate surface area is 109 Å². The lowest BCUT2D eigenvalue weighted by atomic mass is 10.3. The van der Waals surface area contributed by atoms with Crippen LogP contribution in [0.15, 0.2) is 35.8 Å². The van der Waals surface area contributed by atoms with Gasteiger partial charge in [-0.3, -0.25) is 0 Å². The van der Waals surface area contributed by atoms with Gasteiger partial charge < -0.3 is 9.88 Å². The molecule has 0 fully saturated rings. The minimum absolute atomic E-state index is 0.910. The summed E-state index contributed by atoms with van der Waals surface area (Å²) in [5.74, 6) is 0.910. The molecule has 0 spiro atoms. The molecule has 2 aromatic heterocycles. The summed E-state index contributed by atoms with van der Waals surface area (Å²) in [6.07, 6.45) is 2.80. The first-order valence-corrected chi connectivity index (χ1v) is 6.75. The Morgan fingerprint density at radius 1 is 1.33 bits per heavy atom. The van der Waals surface area contributed by atoms with Crippen LogP contribution in [0.25, 0.3) is 11.0 Å².